The molecule has 0 spiro atoms. The summed E-state index contributed by atoms with van der Waals surface area (Å²) in [5, 5.41) is 7.24. The number of para-hydroxylation sites is 1. The molecule has 0 unspecified atom stereocenters. The molecule has 3 rings (SSSR count). The minimum absolute atomic E-state index is 0.125. The summed E-state index contributed by atoms with van der Waals surface area (Å²) in [6.07, 6.45) is 3.14. The first-order valence-corrected chi connectivity index (χ1v) is 9.01. The molecule has 0 bridgehead atoms. The van der Waals surface area contributed by atoms with E-state index in [-0.39, 0.29) is 24.5 Å². The Kier molecular flexibility index (Phi) is 6.30. The highest BCUT2D eigenvalue weighted by Crippen LogP contribution is 2.25. The quantitative estimate of drug-likeness (QED) is 0.843. The molecule has 1 aliphatic rings. The molecule has 1 fully saturated rings. The zero-order valence-corrected chi connectivity index (χ0v) is 15.3. The molecule has 8 heteroatoms. The van der Waals surface area contributed by atoms with Crippen molar-refractivity contribution >= 4 is 17.8 Å². The van der Waals surface area contributed by atoms with Crippen LogP contribution >= 0.6 is 0 Å². The van der Waals surface area contributed by atoms with Gasteiger partial charge in [-0.2, -0.15) is 5.10 Å². The van der Waals surface area contributed by atoms with Gasteiger partial charge in [0.2, 0.25) is 5.91 Å². The Morgan fingerprint density at radius 1 is 1.19 bits per heavy atom. The number of piperidine rings is 1. The maximum absolute atomic E-state index is 12.2. The van der Waals surface area contributed by atoms with Gasteiger partial charge in [0.25, 0.3) is 0 Å². The SMILES string of the molecule is COC(=O)N1CCC(n2nccc2NC(=O)CCOc2ccccc2)CC1. The number of nitrogens with one attached hydrogen (secondary N) is 1. The van der Waals surface area contributed by atoms with E-state index in [9.17, 15) is 9.59 Å². The van der Waals surface area contributed by atoms with E-state index in [4.69, 9.17) is 9.47 Å². The number of likely N-dealkylation sites (tertiary alicyclic amines) is 1. The van der Waals surface area contributed by atoms with E-state index in [1.165, 1.54) is 7.11 Å². The number of hydrogen-bond donors (Lipinski definition) is 1. The number of carbonyl (C=O) groups excluding carboxylic acids is 2. The molecule has 2 heterocycles. The average molecular weight is 372 g/mol. The molecule has 1 aromatic heterocycles. The number of nitrogens with zero attached hydrogens (tertiary/aromatic N) is 3. The summed E-state index contributed by atoms with van der Waals surface area (Å²) < 4.78 is 12.1. The van der Waals surface area contributed by atoms with Gasteiger partial charge < -0.3 is 19.7 Å². The van der Waals surface area contributed by atoms with Crippen molar-refractivity contribution in [3.8, 4) is 5.75 Å². The van der Waals surface area contributed by atoms with Crippen LogP contribution in [-0.2, 0) is 9.53 Å². The number of amides is 2. The molecule has 144 valence electrons. The van der Waals surface area contributed by atoms with Gasteiger partial charge in [0.15, 0.2) is 0 Å². The first-order valence-electron chi connectivity index (χ1n) is 9.01. The van der Waals surface area contributed by atoms with Crippen molar-refractivity contribution in [3.63, 3.8) is 0 Å². The van der Waals surface area contributed by atoms with Gasteiger partial charge in [0.05, 0.1) is 32.4 Å². The fourth-order valence-electron chi connectivity index (χ4n) is 3.11. The predicted octanol–water partition coefficient (Wildman–Crippen LogP) is 2.69. The number of methoxy groups -OCH3 is 1. The third-order valence-electron chi connectivity index (χ3n) is 4.52. The Labute approximate surface area is 158 Å². The van der Waals surface area contributed by atoms with E-state index < -0.39 is 0 Å². The van der Waals surface area contributed by atoms with Crippen LogP contribution < -0.4 is 10.1 Å². The Morgan fingerprint density at radius 3 is 2.63 bits per heavy atom. The second kappa shape index (κ2) is 9.07. The molecule has 2 amide bonds. The Hall–Kier alpha value is -3.03. The molecule has 27 heavy (non-hydrogen) atoms. The molecule has 1 aromatic carbocycles. The maximum Gasteiger partial charge on any atom is 0.409 e. The fourth-order valence-corrected chi connectivity index (χ4v) is 3.11. The lowest BCUT2D eigenvalue weighted by atomic mass is 10.1. The highest BCUT2D eigenvalue weighted by atomic mass is 16.5. The Morgan fingerprint density at radius 2 is 1.93 bits per heavy atom. The number of ether oxygens (including phenoxy) is 2. The van der Waals surface area contributed by atoms with E-state index in [0.717, 1.165) is 18.6 Å². The Balaban J connectivity index is 1.48. The molecule has 0 saturated carbocycles. The van der Waals surface area contributed by atoms with E-state index in [2.05, 4.69) is 10.4 Å². The van der Waals surface area contributed by atoms with Gasteiger partial charge in [-0.1, -0.05) is 18.2 Å². The standard InChI is InChI=1S/C19H24N4O4/c1-26-19(25)22-12-8-15(9-13-22)23-17(7-11-20-23)21-18(24)10-14-27-16-5-3-2-4-6-16/h2-7,11,15H,8-10,12-14H2,1H3,(H,21,24). The fraction of sp³-hybridized carbons (Fsp3) is 0.421. The number of benzene rings is 1. The lowest BCUT2D eigenvalue weighted by molar-refractivity contribution is -0.116. The van der Waals surface area contributed by atoms with Crippen LogP contribution in [0.5, 0.6) is 5.75 Å². The minimum atomic E-state index is -0.305. The van der Waals surface area contributed by atoms with Gasteiger partial charge in [-0.25, -0.2) is 9.48 Å². The number of carbonyl (C=O) groups is 2. The zero-order valence-electron chi connectivity index (χ0n) is 15.3. The van der Waals surface area contributed by atoms with Gasteiger partial charge in [-0.15, -0.1) is 0 Å². The van der Waals surface area contributed by atoms with Crippen molar-refractivity contribution in [1.29, 1.82) is 0 Å². The molecule has 0 aliphatic carbocycles. The smallest absolute Gasteiger partial charge is 0.409 e. The van der Waals surface area contributed by atoms with E-state index in [1.54, 1.807) is 17.2 Å². The van der Waals surface area contributed by atoms with Crippen LogP contribution in [0.15, 0.2) is 42.6 Å². The van der Waals surface area contributed by atoms with Crippen molar-refractivity contribution in [2.75, 3.05) is 32.1 Å². The molecular weight excluding hydrogens is 348 g/mol. The van der Waals surface area contributed by atoms with Crippen LogP contribution in [0.1, 0.15) is 25.3 Å². The molecular formula is C19H24N4O4. The number of aromatic nitrogens is 2. The van der Waals surface area contributed by atoms with Gasteiger partial charge >= 0.3 is 6.09 Å². The number of anilines is 1. The molecule has 1 saturated heterocycles. The highest BCUT2D eigenvalue weighted by molar-refractivity contribution is 5.89. The van der Waals surface area contributed by atoms with E-state index in [0.29, 0.717) is 25.5 Å². The second-order valence-electron chi connectivity index (χ2n) is 6.31. The Bertz CT molecular complexity index is 754. The largest absolute Gasteiger partial charge is 0.493 e. The summed E-state index contributed by atoms with van der Waals surface area (Å²) in [6.45, 7) is 1.52. The molecule has 0 radical (unpaired) electrons. The van der Waals surface area contributed by atoms with Crippen molar-refractivity contribution in [2.24, 2.45) is 0 Å². The monoisotopic (exact) mass is 372 g/mol. The first kappa shape index (κ1) is 18.8. The second-order valence-corrected chi connectivity index (χ2v) is 6.31. The van der Waals surface area contributed by atoms with Crippen LogP contribution in [0, 0.1) is 0 Å². The summed E-state index contributed by atoms with van der Waals surface area (Å²) in [7, 11) is 1.39. The maximum atomic E-state index is 12.2. The molecule has 8 nitrogen and oxygen atoms in total. The predicted molar refractivity (Wildman–Crippen MR) is 99.7 cm³/mol. The van der Waals surface area contributed by atoms with Crippen LogP contribution in [-0.4, -0.2) is 53.5 Å². The van der Waals surface area contributed by atoms with Gasteiger partial charge in [0.1, 0.15) is 11.6 Å². The van der Waals surface area contributed by atoms with Crippen LogP contribution in [0.2, 0.25) is 0 Å². The summed E-state index contributed by atoms with van der Waals surface area (Å²) in [4.78, 5) is 25.5. The van der Waals surface area contributed by atoms with E-state index in [1.807, 2.05) is 35.0 Å². The summed E-state index contributed by atoms with van der Waals surface area (Å²) in [5.74, 6) is 1.28. The van der Waals surface area contributed by atoms with Crippen molar-refractivity contribution in [1.82, 2.24) is 14.7 Å². The van der Waals surface area contributed by atoms with Crippen molar-refractivity contribution in [3.05, 3.63) is 42.6 Å². The molecule has 1 aliphatic heterocycles. The van der Waals surface area contributed by atoms with Gasteiger partial charge in [-0.05, 0) is 25.0 Å². The van der Waals surface area contributed by atoms with Crippen LogP contribution in [0.25, 0.3) is 0 Å². The van der Waals surface area contributed by atoms with Crippen LogP contribution in [0.3, 0.4) is 0 Å². The van der Waals surface area contributed by atoms with Gasteiger partial charge in [0, 0.05) is 19.2 Å². The normalized spacial score (nSPS) is 14.6. The van der Waals surface area contributed by atoms with Crippen LogP contribution in [0.4, 0.5) is 10.6 Å². The first-order chi connectivity index (χ1) is 13.2. The molecule has 2 aromatic rings. The third kappa shape index (κ3) is 4.99. The minimum Gasteiger partial charge on any atom is -0.493 e. The van der Waals surface area contributed by atoms with Gasteiger partial charge in [-0.3, -0.25) is 4.79 Å². The summed E-state index contributed by atoms with van der Waals surface area (Å²) in [5.41, 5.74) is 0. The summed E-state index contributed by atoms with van der Waals surface area (Å²) >= 11 is 0. The molecule has 0 atom stereocenters. The highest BCUT2D eigenvalue weighted by Gasteiger charge is 2.26. The average Bonchev–Trinajstić information content (AvgIpc) is 3.16. The van der Waals surface area contributed by atoms with E-state index >= 15 is 0 Å². The van der Waals surface area contributed by atoms with Crippen molar-refractivity contribution in [2.45, 2.75) is 25.3 Å². The number of hydrogen-bond acceptors (Lipinski definition) is 5. The topological polar surface area (TPSA) is 85.7 Å². The van der Waals surface area contributed by atoms with Crippen molar-refractivity contribution < 1.29 is 19.1 Å². The third-order valence-corrected chi connectivity index (χ3v) is 4.52. The lowest BCUT2D eigenvalue weighted by Crippen LogP contribution is -2.39. The summed E-state index contributed by atoms with van der Waals surface area (Å²) in [6, 6.07) is 11.3. The zero-order chi connectivity index (χ0) is 19.1. The molecule has 1 N–H and O–H groups in total. The lowest BCUT2D eigenvalue weighted by Gasteiger charge is -2.31. The number of rotatable bonds is 6.